The van der Waals surface area contributed by atoms with Gasteiger partial charge in [-0.25, -0.2) is 0 Å². The number of carbonyl (C=O) groups excluding carboxylic acids is 2. The van der Waals surface area contributed by atoms with Crippen molar-refractivity contribution in [2.24, 2.45) is 5.73 Å². The van der Waals surface area contributed by atoms with Gasteiger partial charge in [-0.15, -0.1) is 0 Å². The fourth-order valence-corrected chi connectivity index (χ4v) is 1.62. The lowest BCUT2D eigenvalue weighted by Gasteiger charge is -2.18. The maximum absolute atomic E-state index is 12.6. The van der Waals surface area contributed by atoms with Crippen LogP contribution in [-0.2, 0) is 11.0 Å². The predicted octanol–water partition coefficient (Wildman–Crippen LogP) is 0.788. The van der Waals surface area contributed by atoms with Gasteiger partial charge >= 0.3 is 6.18 Å². The Balaban J connectivity index is 3.17. The van der Waals surface area contributed by atoms with Gasteiger partial charge in [0.1, 0.15) is 12.4 Å². The number of rotatable bonds is 5. The highest BCUT2D eigenvalue weighted by molar-refractivity contribution is 5.76. The molecule has 0 heterocycles. The second-order valence-corrected chi connectivity index (χ2v) is 4.19. The molecule has 0 aliphatic carbocycles. The lowest BCUT2D eigenvalue weighted by atomic mass is 9.97. The summed E-state index contributed by atoms with van der Waals surface area (Å²) in [5.41, 5.74) is 3.05. The average molecular weight is 291 g/mol. The van der Waals surface area contributed by atoms with Crippen molar-refractivity contribution in [3.63, 3.8) is 0 Å². The molecule has 0 aromatic heterocycles. The van der Waals surface area contributed by atoms with E-state index in [9.17, 15) is 33.0 Å². The summed E-state index contributed by atoms with van der Waals surface area (Å²) in [6, 6.07) is 2.21. The molecule has 2 atom stereocenters. The van der Waals surface area contributed by atoms with Crippen LogP contribution in [0.15, 0.2) is 18.2 Å². The number of nitrogens with two attached hydrogens (primary N) is 1. The van der Waals surface area contributed by atoms with E-state index in [1.807, 2.05) is 0 Å². The number of aliphatic hydroxyl groups is 2. The van der Waals surface area contributed by atoms with Crippen LogP contribution in [0.1, 0.15) is 34.0 Å². The third-order valence-electron chi connectivity index (χ3n) is 2.56. The molecular weight excluding hydrogens is 279 g/mol. The van der Waals surface area contributed by atoms with Crippen molar-refractivity contribution >= 4 is 12.2 Å². The fraction of sp³-hybridized carbons (Fsp3) is 0.333. The van der Waals surface area contributed by atoms with Crippen LogP contribution >= 0.6 is 0 Å². The van der Waals surface area contributed by atoms with E-state index in [0.29, 0.717) is 12.1 Å². The van der Waals surface area contributed by atoms with Crippen molar-refractivity contribution in [1.82, 2.24) is 0 Å². The van der Waals surface area contributed by atoms with Crippen LogP contribution < -0.4 is 5.73 Å². The molecule has 4 N–H and O–H groups in total. The smallest absolute Gasteiger partial charge is 0.390 e. The Kier molecular flexibility index (Phi) is 4.85. The Morgan fingerprint density at radius 1 is 1.30 bits per heavy atom. The number of benzene rings is 1. The minimum absolute atomic E-state index is 0.186. The van der Waals surface area contributed by atoms with Gasteiger partial charge in [0.2, 0.25) is 5.91 Å². The molecule has 0 bridgehead atoms. The number of alkyl halides is 3. The van der Waals surface area contributed by atoms with Crippen LogP contribution in [0.5, 0.6) is 0 Å². The molecule has 1 aromatic rings. The highest BCUT2D eigenvalue weighted by Crippen LogP contribution is 2.32. The van der Waals surface area contributed by atoms with Crippen LogP contribution in [0.25, 0.3) is 0 Å². The molecule has 2 unspecified atom stereocenters. The summed E-state index contributed by atoms with van der Waals surface area (Å²) in [5, 5.41) is 19.2. The van der Waals surface area contributed by atoms with Crippen molar-refractivity contribution in [2.45, 2.75) is 24.8 Å². The van der Waals surface area contributed by atoms with E-state index < -0.39 is 36.3 Å². The molecule has 110 valence electrons. The van der Waals surface area contributed by atoms with E-state index >= 15 is 0 Å². The molecule has 1 aromatic carbocycles. The van der Waals surface area contributed by atoms with E-state index in [4.69, 9.17) is 5.73 Å². The standard InChI is InChI=1S/C12H12F3NO4/c13-12(14,15)8-2-6(5-17)1-7(3-8)11(20)9(18)4-10(16)19/h1-3,5,9,11,18,20H,4H2,(H2,16,19). The topological polar surface area (TPSA) is 101 Å². The van der Waals surface area contributed by atoms with Crippen molar-refractivity contribution in [1.29, 1.82) is 0 Å². The average Bonchev–Trinajstić information content (AvgIpc) is 2.35. The molecule has 8 heteroatoms. The molecular formula is C12H12F3NO4. The first-order chi connectivity index (χ1) is 9.15. The number of aldehydes is 1. The van der Waals surface area contributed by atoms with Crippen molar-refractivity contribution in [3.05, 3.63) is 34.9 Å². The highest BCUT2D eigenvalue weighted by atomic mass is 19.4. The largest absolute Gasteiger partial charge is 0.416 e. The highest BCUT2D eigenvalue weighted by Gasteiger charge is 2.32. The van der Waals surface area contributed by atoms with Gasteiger partial charge in [0, 0.05) is 5.56 Å². The molecule has 0 saturated heterocycles. The van der Waals surface area contributed by atoms with Gasteiger partial charge in [-0.05, 0) is 23.8 Å². The lowest BCUT2D eigenvalue weighted by Crippen LogP contribution is -2.26. The van der Waals surface area contributed by atoms with E-state index in [0.717, 1.165) is 6.07 Å². The maximum atomic E-state index is 12.6. The van der Waals surface area contributed by atoms with Crippen LogP contribution in [0.2, 0.25) is 0 Å². The Bertz CT molecular complexity index is 516. The Labute approximate surface area is 111 Å². The summed E-state index contributed by atoms with van der Waals surface area (Å²) in [7, 11) is 0. The molecule has 0 saturated carbocycles. The second-order valence-electron chi connectivity index (χ2n) is 4.19. The van der Waals surface area contributed by atoms with Gasteiger partial charge in [0.15, 0.2) is 0 Å². The predicted molar refractivity (Wildman–Crippen MR) is 61.6 cm³/mol. The normalized spacial score (nSPS) is 14.7. The van der Waals surface area contributed by atoms with E-state index in [1.54, 1.807) is 0 Å². The minimum atomic E-state index is -4.71. The zero-order chi connectivity index (χ0) is 15.5. The van der Waals surface area contributed by atoms with Crippen LogP contribution in [0.3, 0.4) is 0 Å². The first-order valence-electron chi connectivity index (χ1n) is 5.47. The lowest BCUT2D eigenvalue weighted by molar-refractivity contribution is -0.137. The van der Waals surface area contributed by atoms with Crippen LogP contribution in [0, 0.1) is 0 Å². The number of amides is 1. The maximum Gasteiger partial charge on any atom is 0.416 e. The molecule has 1 amide bonds. The summed E-state index contributed by atoms with van der Waals surface area (Å²) < 4.78 is 37.9. The van der Waals surface area contributed by atoms with Gasteiger partial charge in [0.25, 0.3) is 0 Å². The third kappa shape index (κ3) is 4.04. The minimum Gasteiger partial charge on any atom is -0.390 e. The first-order valence-corrected chi connectivity index (χ1v) is 5.47. The fourth-order valence-electron chi connectivity index (χ4n) is 1.62. The second kappa shape index (κ2) is 6.02. The summed E-state index contributed by atoms with van der Waals surface area (Å²) >= 11 is 0. The SMILES string of the molecule is NC(=O)CC(O)C(O)c1cc(C=O)cc(C(F)(F)F)c1. The molecule has 0 spiro atoms. The zero-order valence-electron chi connectivity index (χ0n) is 10.1. The van der Waals surface area contributed by atoms with Crippen LogP contribution in [-0.4, -0.2) is 28.5 Å². The number of hydrogen-bond donors (Lipinski definition) is 3. The quantitative estimate of drug-likeness (QED) is 0.698. The number of hydrogen-bond acceptors (Lipinski definition) is 4. The molecule has 1 rings (SSSR count). The Morgan fingerprint density at radius 2 is 1.90 bits per heavy atom. The van der Waals surface area contributed by atoms with E-state index in [1.165, 1.54) is 0 Å². The van der Waals surface area contributed by atoms with E-state index in [2.05, 4.69) is 0 Å². The van der Waals surface area contributed by atoms with Crippen LogP contribution in [0.4, 0.5) is 13.2 Å². The molecule has 0 fully saturated rings. The molecule has 5 nitrogen and oxygen atoms in total. The summed E-state index contributed by atoms with van der Waals surface area (Å²) in [5.74, 6) is -0.917. The van der Waals surface area contributed by atoms with Gasteiger partial charge in [-0.2, -0.15) is 13.2 Å². The van der Waals surface area contributed by atoms with Crippen molar-refractivity contribution in [3.8, 4) is 0 Å². The van der Waals surface area contributed by atoms with E-state index in [-0.39, 0.29) is 17.4 Å². The zero-order valence-corrected chi connectivity index (χ0v) is 10.1. The van der Waals surface area contributed by atoms with Crippen molar-refractivity contribution in [2.75, 3.05) is 0 Å². The van der Waals surface area contributed by atoms with Gasteiger partial charge in [0.05, 0.1) is 18.1 Å². The Hall–Kier alpha value is -1.93. The number of aliphatic hydroxyl groups excluding tert-OH is 2. The monoisotopic (exact) mass is 291 g/mol. The third-order valence-corrected chi connectivity index (χ3v) is 2.56. The molecule has 0 radical (unpaired) electrons. The summed E-state index contributed by atoms with van der Waals surface area (Å²) in [6.45, 7) is 0. The van der Waals surface area contributed by atoms with Gasteiger partial charge in [-0.3, -0.25) is 9.59 Å². The van der Waals surface area contributed by atoms with Crippen molar-refractivity contribution < 1.29 is 33.0 Å². The number of primary amides is 1. The first kappa shape index (κ1) is 16.1. The molecule has 20 heavy (non-hydrogen) atoms. The Morgan fingerprint density at radius 3 is 2.35 bits per heavy atom. The summed E-state index contributed by atoms with van der Waals surface area (Å²) in [4.78, 5) is 21.2. The number of halogens is 3. The summed E-state index contributed by atoms with van der Waals surface area (Å²) in [6.07, 6.45) is -8.55. The van der Waals surface area contributed by atoms with Gasteiger partial charge < -0.3 is 15.9 Å². The van der Waals surface area contributed by atoms with Gasteiger partial charge in [-0.1, -0.05) is 0 Å². The number of carbonyl (C=O) groups is 2. The molecule has 0 aliphatic heterocycles. The molecule has 0 aliphatic rings.